The van der Waals surface area contributed by atoms with E-state index in [1.807, 2.05) is 29.6 Å². The van der Waals surface area contributed by atoms with Crippen LogP contribution in [0.3, 0.4) is 0 Å². The zero-order chi connectivity index (χ0) is 13.0. The molecule has 2 N–H and O–H groups in total. The number of fused-ring (bicyclic) bond motifs is 1. The first-order chi connectivity index (χ1) is 8.66. The van der Waals surface area contributed by atoms with Crippen LogP contribution in [0.15, 0.2) is 29.6 Å². The second-order valence-electron chi connectivity index (χ2n) is 3.94. The van der Waals surface area contributed by atoms with Gasteiger partial charge in [-0.1, -0.05) is 18.2 Å². The van der Waals surface area contributed by atoms with Crippen molar-refractivity contribution in [3.8, 4) is 0 Å². The van der Waals surface area contributed by atoms with E-state index in [9.17, 15) is 9.59 Å². The van der Waals surface area contributed by atoms with E-state index in [4.69, 9.17) is 5.11 Å². The molecule has 1 aromatic carbocycles. The molecule has 2 aromatic rings. The van der Waals surface area contributed by atoms with E-state index in [1.54, 1.807) is 11.3 Å². The molecule has 2 rings (SSSR count). The Bertz CT molecular complexity index is 576. The molecule has 0 atom stereocenters. The first-order valence-corrected chi connectivity index (χ1v) is 6.52. The Balaban J connectivity index is 1.97. The highest BCUT2D eigenvalue weighted by atomic mass is 32.1. The van der Waals surface area contributed by atoms with E-state index >= 15 is 0 Å². The minimum Gasteiger partial charge on any atom is -0.481 e. The molecule has 0 saturated carbocycles. The van der Waals surface area contributed by atoms with Crippen molar-refractivity contribution in [3.05, 3.63) is 29.6 Å². The zero-order valence-electron chi connectivity index (χ0n) is 9.68. The van der Waals surface area contributed by atoms with E-state index in [-0.39, 0.29) is 18.7 Å². The Labute approximate surface area is 108 Å². The normalized spacial score (nSPS) is 10.4. The highest BCUT2D eigenvalue weighted by Crippen LogP contribution is 2.29. The predicted molar refractivity (Wildman–Crippen MR) is 71.9 cm³/mol. The molecule has 0 aliphatic rings. The molecule has 0 saturated heterocycles. The van der Waals surface area contributed by atoms with Gasteiger partial charge in [0, 0.05) is 28.3 Å². The molecule has 4 nitrogen and oxygen atoms in total. The highest BCUT2D eigenvalue weighted by Gasteiger charge is 2.08. The van der Waals surface area contributed by atoms with Crippen LogP contribution in [-0.4, -0.2) is 17.0 Å². The van der Waals surface area contributed by atoms with Crippen LogP contribution in [0.4, 0.5) is 5.69 Å². The number of hydrogen-bond donors (Lipinski definition) is 2. The molecule has 0 fully saturated rings. The fourth-order valence-corrected chi connectivity index (χ4v) is 2.58. The van der Waals surface area contributed by atoms with Gasteiger partial charge in [-0.15, -0.1) is 11.3 Å². The van der Waals surface area contributed by atoms with Gasteiger partial charge in [-0.05, 0) is 12.5 Å². The quantitative estimate of drug-likeness (QED) is 0.871. The minimum absolute atomic E-state index is 0.0256. The van der Waals surface area contributed by atoms with Gasteiger partial charge in [-0.2, -0.15) is 0 Å². The Kier molecular flexibility index (Phi) is 3.94. The molecule has 0 bridgehead atoms. The molecule has 0 aliphatic heterocycles. The summed E-state index contributed by atoms with van der Waals surface area (Å²) < 4.78 is 1.12. The number of carbonyl (C=O) groups is 2. The fraction of sp³-hybridized carbons (Fsp3) is 0.231. The van der Waals surface area contributed by atoms with Gasteiger partial charge in [0.1, 0.15) is 0 Å². The molecular formula is C13H13NO3S. The van der Waals surface area contributed by atoms with Crippen LogP contribution in [0.1, 0.15) is 19.3 Å². The standard InChI is InChI=1S/C13H13NO3S/c15-12(6-3-7-13(16)17)14-10-8-18-11-5-2-1-4-9(10)11/h1-2,4-5,8H,3,6-7H2,(H,14,15)(H,16,17). The van der Waals surface area contributed by atoms with Gasteiger partial charge in [-0.3, -0.25) is 9.59 Å². The number of aliphatic carboxylic acids is 1. The van der Waals surface area contributed by atoms with Crippen molar-refractivity contribution in [2.24, 2.45) is 0 Å². The molecule has 5 heteroatoms. The molecular weight excluding hydrogens is 250 g/mol. The predicted octanol–water partition coefficient (Wildman–Crippen LogP) is 3.09. The van der Waals surface area contributed by atoms with E-state index in [2.05, 4.69) is 5.32 Å². The number of thiophene rings is 1. The largest absolute Gasteiger partial charge is 0.481 e. The van der Waals surface area contributed by atoms with Crippen molar-refractivity contribution >= 4 is 39.0 Å². The summed E-state index contributed by atoms with van der Waals surface area (Å²) in [5, 5.41) is 14.2. The van der Waals surface area contributed by atoms with Crippen LogP contribution in [0.2, 0.25) is 0 Å². The summed E-state index contributed by atoms with van der Waals surface area (Å²) in [6, 6.07) is 7.84. The summed E-state index contributed by atoms with van der Waals surface area (Å²) in [6.45, 7) is 0. The molecule has 18 heavy (non-hydrogen) atoms. The second kappa shape index (κ2) is 5.64. The SMILES string of the molecule is O=C(O)CCCC(=O)Nc1csc2ccccc12. The highest BCUT2D eigenvalue weighted by molar-refractivity contribution is 7.17. The van der Waals surface area contributed by atoms with Gasteiger partial charge >= 0.3 is 5.97 Å². The van der Waals surface area contributed by atoms with Gasteiger partial charge in [-0.25, -0.2) is 0 Å². The number of carboxylic acid groups (broad SMARTS) is 1. The summed E-state index contributed by atoms with van der Waals surface area (Å²) in [6.07, 6.45) is 0.623. The van der Waals surface area contributed by atoms with E-state index in [1.165, 1.54) is 0 Å². The van der Waals surface area contributed by atoms with Crippen molar-refractivity contribution < 1.29 is 14.7 Å². The maximum Gasteiger partial charge on any atom is 0.303 e. The van der Waals surface area contributed by atoms with Gasteiger partial charge in [0.05, 0.1) is 5.69 Å². The maximum atomic E-state index is 11.6. The zero-order valence-corrected chi connectivity index (χ0v) is 10.5. The minimum atomic E-state index is -0.871. The molecule has 94 valence electrons. The van der Waals surface area contributed by atoms with E-state index < -0.39 is 5.97 Å². The topological polar surface area (TPSA) is 66.4 Å². The Hall–Kier alpha value is -1.88. The van der Waals surface area contributed by atoms with Crippen molar-refractivity contribution in [2.75, 3.05) is 5.32 Å². The number of rotatable bonds is 5. The summed E-state index contributed by atoms with van der Waals surface area (Å²) in [7, 11) is 0. The molecule has 1 heterocycles. The first kappa shape index (κ1) is 12.6. The maximum absolute atomic E-state index is 11.6. The molecule has 0 aliphatic carbocycles. The molecule has 0 radical (unpaired) electrons. The summed E-state index contributed by atoms with van der Waals surface area (Å²) in [5.41, 5.74) is 0.802. The summed E-state index contributed by atoms with van der Waals surface area (Å²) in [4.78, 5) is 22.0. The number of anilines is 1. The fourth-order valence-electron chi connectivity index (χ4n) is 1.69. The lowest BCUT2D eigenvalue weighted by Gasteiger charge is -2.03. The second-order valence-corrected chi connectivity index (χ2v) is 4.85. The van der Waals surface area contributed by atoms with Gasteiger partial charge in [0.25, 0.3) is 0 Å². The van der Waals surface area contributed by atoms with Crippen molar-refractivity contribution in [1.82, 2.24) is 0 Å². The molecule has 0 spiro atoms. The number of amides is 1. The Morgan fingerprint density at radius 2 is 2.00 bits per heavy atom. The van der Waals surface area contributed by atoms with Gasteiger partial charge < -0.3 is 10.4 Å². The molecule has 1 aromatic heterocycles. The van der Waals surface area contributed by atoms with Crippen LogP contribution in [0, 0.1) is 0 Å². The molecule has 0 unspecified atom stereocenters. The van der Waals surface area contributed by atoms with E-state index in [0.717, 1.165) is 15.8 Å². The van der Waals surface area contributed by atoms with Crippen LogP contribution < -0.4 is 5.32 Å². The van der Waals surface area contributed by atoms with E-state index in [0.29, 0.717) is 6.42 Å². The third-order valence-corrected chi connectivity index (χ3v) is 3.51. The average molecular weight is 263 g/mol. The number of nitrogens with one attached hydrogen (secondary N) is 1. The first-order valence-electron chi connectivity index (χ1n) is 5.64. The lowest BCUT2D eigenvalue weighted by Crippen LogP contribution is -2.11. The average Bonchev–Trinajstić information content (AvgIpc) is 2.72. The van der Waals surface area contributed by atoms with Crippen LogP contribution in [-0.2, 0) is 9.59 Å². The third kappa shape index (κ3) is 3.07. The molecule has 1 amide bonds. The van der Waals surface area contributed by atoms with Crippen molar-refractivity contribution in [1.29, 1.82) is 0 Å². The Morgan fingerprint density at radius 3 is 2.78 bits per heavy atom. The van der Waals surface area contributed by atoms with Crippen molar-refractivity contribution in [2.45, 2.75) is 19.3 Å². The lowest BCUT2D eigenvalue weighted by molar-refractivity contribution is -0.137. The monoisotopic (exact) mass is 263 g/mol. The number of hydrogen-bond acceptors (Lipinski definition) is 3. The van der Waals surface area contributed by atoms with Gasteiger partial charge in [0.2, 0.25) is 5.91 Å². The van der Waals surface area contributed by atoms with Crippen LogP contribution >= 0.6 is 11.3 Å². The van der Waals surface area contributed by atoms with Crippen LogP contribution in [0.5, 0.6) is 0 Å². The third-order valence-electron chi connectivity index (χ3n) is 2.55. The lowest BCUT2D eigenvalue weighted by atomic mass is 10.2. The number of carboxylic acids is 1. The number of benzene rings is 1. The number of carbonyl (C=O) groups excluding carboxylic acids is 1. The summed E-state index contributed by atoms with van der Waals surface area (Å²) >= 11 is 1.58. The Morgan fingerprint density at radius 1 is 1.22 bits per heavy atom. The summed E-state index contributed by atoms with van der Waals surface area (Å²) in [5.74, 6) is -1.01. The van der Waals surface area contributed by atoms with Gasteiger partial charge in [0.15, 0.2) is 0 Å². The van der Waals surface area contributed by atoms with Crippen molar-refractivity contribution in [3.63, 3.8) is 0 Å². The van der Waals surface area contributed by atoms with Crippen LogP contribution in [0.25, 0.3) is 10.1 Å². The smallest absolute Gasteiger partial charge is 0.303 e.